The van der Waals surface area contributed by atoms with E-state index in [1.807, 2.05) is 36.0 Å². The van der Waals surface area contributed by atoms with Crippen LogP contribution in [0.15, 0.2) is 59.9 Å². The van der Waals surface area contributed by atoms with E-state index in [-0.39, 0.29) is 40.8 Å². The minimum absolute atomic E-state index is 0.0257. The van der Waals surface area contributed by atoms with Crippen molar-refractivity contribution in [2.45, 2.75) is 116 Å². The van der Waals surface area contributed by atoms with Crippen molar-refractivity contribution in [3.8, 4) is 6.07 Å². The van der Waals surface area contributed by atoms with Crippen LogP contribution in [0.5, 0.6) is 0 Å². The molecule has 69 heavy (non-hydrogen) atoms. The second-order valence-electron chi connectivity index (χ2n) is 19.1. The fourth-order valence-corrected chi connectivity index (χ4v) is 11.0. The van der Waals surface area contributed by atoms with Gasteiger partial charge in [-0.3, -0.25) is 9.69 Å². The lowest BCUT2D eigenvalue weighted by atomic mass is 9.69. The first-order valence-electron chi connectivity index (χ1n) is 24.1. The first kappa shape index (κ1) is 48.0. The molecule has 14 nitrogen and oxygen atoms in total. The van der Waals surface area contributed by atoms with Gasteiger partial charge >= 0.3 is 0 Å². The average molecular weight is 927 g/mol. The van der Waals surface area contributed by atoms with Gasteiger partial charge in [0.2, 0.25) is 5.91 Å². The third-order valence-corrected chi connectivity index (χ3v) is 14.5. The Kier molecular flexibility index (Phi) is 14.2. The standard InChI is InChI=1S/C55H58N8O6/c1-6-37-24-41-42(30-65)52-39-18-16-36(26-56)23-45(39)60-54(52)55(4,5)43(41)25-48(37)61-27-34(2)62(35(3)28-61)22-11-7-8-15-51(69)58-21-10-9-20-57-44-14-12-13-40-49(32-67)63(50(33-68)53(40)44)47-19-17-38(29-64)59-46(47)31-66/h12-14,16,18,23-25,34-35,47,57,59-60H,6-11,15,17,19-22,27-28H2,1-5H3,(H,58,69). The maximum Gasteiger partial charge on any atom is 0.219 e. The zero-order valence-corrected chi connectivity index (χ0v) is 40.0. The summed E-state index contributed by atoms with van der Waals surface area (Å²) in [6, 6.07) is 17.5. The molecule has 8 rings (SSSR count). The quantitative estimate of drug-likeness (QED) is 0.0789. The number of nitrogens with one attached hydrogen (secondary N) is 4. The number of unbranched alkanes of at least 4 members (excludes halogenated alkanes) is 3. The van der Waals surface area contributed by atoms with E-state index in [1.165, 1.54) is 15.8 Å². The Bertz CT molecular complexity index is 3220. The molecule has 1 aliphatic carbocycles. The van der Waals surface area contributed by atoms with E-state index < -0.39 is 11.5 Å². The Morgan fingerprint density at radius 3 is 2.32 bits per heavy atom. The van der Waals surface area contributed by atoms with Crippen LogP contribution in [0.4, 0.5) is 11.4 Å². The Labute approximate surface area is 401 Å². The largest absolute Gasteiger partial charge is 0.384 e. The monoisotopic (exact) mass is 926 g/mol. The highest BCUT2D eigenvalue weighted by Gasteiger charge is 2.40. The summed E-state index contributed by atoms with van der Waals surface area (Å²) in [6.07, 6.45) is 6.09. The van der Waals surface area contributed by atoms with E-state index >= 15 is 0 Å². The Morgan fingerprint density at radius 2 is 1.62 bits per heavy atom. The summed E-state index contributed by atoms with van der Waals surface area (Å²) >= 11 is 0. The zero-order chi connectivity index (χ0) is 49.0. The van der Waals surface area contributed by atoms with Crippen molar-refractivity contribution in [1.82, 2.24) is 25.1 Å². The SMILES string of the molecule is CCc1cc2c(cc1N1CC(C)N(CCCCCC(=O)NCCCCNc3cccc4c(=C=O)n(C5CCC(=C=O)NC5=C=O)c(=C=O)c34)C(C)C1)C(C)(C)c1[nH]c3cc(C#N)ccc3c1C2=C=O. The number of fused-ring (bicyclic) bond motifs is 5. The van der Waals surface area contributed by atoms with Crippen LogP contribution in [0.25, 0.3) is 27.2 Å². The maximum atomic E-state index is 12.8. The lowest BCUT2D eigenvalue weighted by molar-refractivity contribution is -0.121. The van der Waals surface area contributed by atoms with E-state index in [2.05, 4.69) is 89.5 Å². The molecule has 1 amide bonds. The van der Waals surface area contributed by atoms with Crippen molar-refractivity contribution in [2.24, 2.45) is 0 Å². The number of anilines is 2. The van der Waals surface area contributed by atoms with E-state index in [4.69, 9.17) is 0 Å². The van der Waals surface area contributed by atoms with Gasteiger partial charge in [0.05, 0.1) is 23.2 Å². The van der Waals surface area contributed by atoms with E-state index in [0.717, 1.165) is 91.4 Å². The van der Waals surface area contributed by atoms with Crippen LogP contribution in [-0.4, -0.2) is 94.9 Å². The normalized spacial score (nSPS) is 18.5. The molecule has 354 valence electrons. The number of aromatic nitrogens is 2. The molecule has 2 aromatic heterocycles. The van der Waals surface area contributed by atoms with Crippen LogP contribution in [0.2, 0.25) is 0 Å². The molecule has 2 aliphatic heterocycles. The molecule has 5 aromatic rings. The van der Waals surface area contributed by atoms with Crippen LogP contribution in [0, 0.1) is 11.3 Å². The molecule has 0 bridgehead atoms. The number of allylic oxidation sites excluding steroid dienone is 2. The molecule has 0 saturated carbocycles. The maximum absolute atomic E-state index is 12.8. The van der Waals surface area contributed by atoms with Gasteiger partial charge in [-0.2, -0.15) is 5.26 Å². The molecule has 3 unspecified atom stereocenters. The first-order chi connectivity index (χ1) is 33.4. The highest BCUT2D eigenvalue weighted by molar-refractivity contribution is 6.10. The van der Waals surface area contributed by atoms with Gasteiger partial charge in [0.15, 0.2) is 11.9 Å². The number of hydrogen-bond donors (Lipinski definition) is 4. The lowest BCUT2D eigenvalue weighted by Crippen LogP contribution is -2.57. The fourth-order valence-electron chi connectivity index (χ4n) is 11.0. The molecule has 3 atom stereocenters. The van der Waals surface area contributed by atoms with Gasteiger partial charge < -0.3 is 30.4 Å². The molecule has 3 aliphatic rings. The lowest BCUT2D eigenvalue weighted by Gasteiger charge is -2.46. The molecule has 4 N–H and O–H groups in total. The van der Waals surface area contributed by atoms with Gasteiger partial charge in [-0.25, -0.2) is 24.0 Å². The highest BCUT2D eigenvalue weighted by Crippen LogP contribution is 2.50. The molecule has 14 heteroatoms. The Morgan fingerprint density at radius 1 is 0.855 bits per heavy atom. The van der Waals surface area contributed by atoms with Crippen molar-refractivity contribution < 1.29 is 28.8 Å². The van der Waals surface area contributed by atoms with Gasteiger partial charge in [0, 0.05) is 101 Å². The number of piperazine rings is 1. The van der Waals surface area contributed by atoms with Crippen LogP contribution >= 0.6 is 0 Å². The summed E-state index contributed by atoms with van der Waals surface area (Å²) in [6.45, 7) is 15.0. The van der Waals surface area contributed by atoms with Crippen LogP contribution in [0.3, 0.4) is 0 Å². The topological polar surface area (TPSA) is 189 Å². The zero-order valence-electron chi connectivity index (χ0n) is 40.0. The van der Waals surface area contributed by atoms with Gasteiger partial charge in [-0.1, -0.05) is 45.4 Å². The van der Waals surface area contributed by atoms with Crippen molar-refractivity contribution in [2.75, 3.05) is 42.9 Å². The molecular weight excluding hydrogens is 869 g/mol. The van der Waals surface area contributed by atoms with E-state index in [1.54, 1.807) is 24.1 Å². The van der Waals surface area contributed by atoms with Gasteiger partial charge in [-0.15, -0.1) is 0 Å². The Hall–Kier alpha value is -7.43. The van der Waals surface area contributed by atoms with E-state index in [9.17, 15) is 34.0 Å². The molecule has 4 heterocycles. The number of carbonyl (C=O) groups is 1. The predicted octanol–water partition coefficient (Wildman–Crippen LogP) is 5.29. The summed E-state index contributed by atoms with van der Waals surface area (Å²) in [7, 11) is 0. The number of piperidine rings is 1. The van der Waals surface area contributed by atoms with E-state index in [0.29, 0.717) is 59.2 Å². The summed E-state index contributed by atoms with van der Waals surface area (Å²) in [5.74, 6) is 9.84. The van der Waals surface area contributed by atoms with Crippen LogP contribution < -0.4 is 31.5 Å². The number of benzene rings is 3. The fraction of sp³-hybridized carbons (Fsp3) is 0.418. The molecular formula is C55H58N8O6. The smallest absolute Gasteiger partial charge is 0.219 e. The first-order valence-corrected chi connectivity index (χ1v) is 24.1. The number of nitrogens with zero attached hydrogens (tertiary/aromatic N) is 4. The number of hydrogen-bond acceptors (Lipinski definition) is 11. The summed E-state index contributed by atoms with van der Waals surface area (Å²) in [5, 5.41) is 20.8. The third kappa shape index (κ3) is 9.04. The molecule has 2 saturated heterocycles. The second kappa shape index (κ2) is 20.4. The van der Waals surface area contributed by atoms with Crippen molar-refractivity contribution in [3.63, 3.8) is 0 Å². The van der Waals surface area contributed by atoms with Gasteiger partial charge in [-0.05, 0) is 106 Å². The van der Waals surface area contributed by atoms with Crippen molar-refractivity contribution in [3.05, 3.63) is 104 Å². The summed E-state index contributed by atoms with van der Waals surface area (Å²) in [4.78, 5) is 81.9. The Balaban J connectivity index is 0.799. The number of H-pyrrole nitrogens is 1. The predicted molar refractivity (Wildman–Crippen MR) is 267 cm³/mol. The molecule has 0 spiro atoms. The average Bonchev–Trinajstić information content (AvgIpc) is 3.91. The third-order valence-electron chi connectivity index (χ3n) is 14.5. The number of amides is 1. The molecule has 0 radical (unpaired) electrons. The van der Waals surface area contributed by atoms with Crippen LogP contribution in [0.1, 0.15) is 126 Å². The second-order valence-corrected chi connectivity index (χ2v) is 19.1. The summed E-state index contributed by atoms with van der Waals surface area (Å²) < 4.78 is 1.45. The number of nitriles is 1. The van der Waals surface area contributed by atoms with Gasteiger partial charge in [0.1, 0.15) is 39.9 Å². The summed E-state index contributed by atoms with van der Waals surface area (Å²) in [5.41, 5.74) is 8.68. The molecule has 2 fully saturated rings. The minimum atomic E-state index is -0.736. The van der Waals surface area contributed by atoms with Crippen LogP contribution in [-0.2, 0) is 40.6 Å². The molecule has 3 aromatic carbocycles. The van der Waals surface area contributed by atoms with Crippen molar-refractivity contribution in [1.29, 1.82) is 5.26 Å². The highest BCUT2D eigenvalue weighted by atomic mass is 16.1. The number of aromatic amines is 1. The minimum Gasteiger partial charge on any atom is -0.384 e. The number of carbonyl (C=O) groups excluding carboxylic acids is 6. The van der Waals surface area contributed by atoms with Crippen molar-refractivity contribution >= 4 is 74.2 Å². The number of aryl methyl sites for hydroxylation is 1. The number of rotatable bonds is 15. The van der Waals surface area contributed by atoms with Gasteiger partial charge in [0.25, 0.3) is 0 Å².